The second-order valence-corrected chi connectivity index (χ2v) is 7.13. The van der Waals surface area contributed by atoms with Gasteiger partial charge in [0.1, 0.15) is 11.6 Å². The number of ether oxygens (including phenoxy) is 2. The smallest absolute Gasteiger partial charge is 0.253 e. The molecule has 1 N–H and O–H groups in total. The van der Waals surface area contributed by atoms with Crippen LogP contribution >= 0.6 is 0 Å². The van der Waals surface area contributed by atoms with Gasteiger partial charge in [-0.1, -0.05) is 6.92 Å². The van der Waals surface area contributed by atoms with Crippen molar-refractivity contribution in [1.82, 2.24) is 20.1 Å². The highest BCUT2D eigenvalue weighted by Crippen LogP contribution is 2.40. The third-order valence-corrected chi connectivity index (χ3v) is 5.40. The van der Waals surface area contributed by atoms with Crippen molar-refractivity contribution in [3.05, 3.63) is 23.0 Å². The highest BCUT2D eigenvalue weighted by Gasteiger charge is 2.41. The van der Waals surface area contributed by atoms with Crippen LogP contribution in [0.3, 0.4) is 0 Å². The second kappa shape index (κ2) is 6.78. The lowest BCUT2D eigenvalue weighted by molar-refractivity contribution is -0.129. The number of methoxy groups -OCH3 is 1. The molecule has 1 aliphatic carbocycles. The number of nitrogens with zero attached hydrogens (tertiary/aromatic N) is 3. The van der Waals surface area contributed by atoms with E-state index in [2.05, 4.69) is 15.2 Å². The zero-order valence-electron chi connectivity index (χ0n) is 15.0. The first kappa shape index (κ1) is 16.6. The van der Waals surface area contributed by atoms with Gasteiger partial charge in [0.15, 0.2) is 5.82 Å². The number of hydrogen-bond acceptors (Lipinski definition) is 5. The summed E-state index contributed by atoms with van der Waals surface area (Å²) in [5.41, 5.74) is 0.817. The number of nitrogens with one attached hydrogen (secondary N) is 1. The van der Waals surface area contributed by atoms with Gasteiger partial charge >= 0.3 is 0 Å². The molecular weight excluding hydrogens is 320 g/mol. The molecule has 1 saturated carbocycles. The Labute approximate surface area is 147 Å². The van der Waals surface area contributed by atoms with Gasteiger partial charge in [-0.05, 0) is 25.7 Å². The third kappa shape index (κ3) is 3.17. The topological polar surface area (TPSA) is 80.3 Å². The average Bonchev–Trinajstić information content (AvgIpc) is 3.22. The molecule has 0 radical (unpaired) electrons. The molecule has 3 aliphatic rings. The van der Waals surface area contributed by atoms with Crippen LogP contribution in [0, 0.1) is 0 Å². The lowest BCUT2D eigenvalue weighted by Gasteiger charge is -2.27. The van der Waals surface area contributed by atoms with E-state index >= 15 is 0 Å². The minimum atomic E-state index is -0.106. The van der Waals surface area contributed by atoms with Gasteiger partial charge in [0.05, 0.1) is 24.3 Å². The Hall–Kier alpha value is -1.89. The van der Waals surface area contributed by atoms with Crippen molar-refractivity contribution in [2.24, 2.45) is 0 Å². The van der Waals surface area contributed by atoms with Gasteiger partial charge in [-0.3, -0.25) is 9.89 Å². The number of hydrogen-bond donors (Lipinski definition) is 1. The predicted octanol–water partition coefficient (Wildman–Crippen LogP) is 2.45. The number of likely N-dealkylation sites (tertiary alicyclic amines) is 1. The lowest BCUT2D eigenvalue weighted by Crippen LogP contribution is -2.35. The zero-order valence-corrected chi connectivity index (χ0v) is 15.0. The van der Waals surface area contributed by atoms with Crippen LogP contribution < -0.4 is 0 Å². The monoisotopic (exact) mass is 346 g/mol. The van der Waals surface area contributed by atoms with Crippen molar-refractivity contribution in [3.63, 3.8) is 0 Å². The van der Waals surface area contributed by atoms with E-state index in [-0.39, 0.29) is 18.1 Å². The first-order valence-electron chi connectivity index (χ1n) is 9.32. The fourth-order valence-corrected chi connectivity index (χ4v) is 3.80. The van der Waals surface area contributed by atoms with Gasteiger partial charge in [-0.25, -0.2) is 4.98 Å². The largest absolute Gasteiger partial charge is 0.497 e. The summed E-state index contributed by atoms with van der Waals surface area (Å²) in [5.74, 6) is 3.07. The highest BCUT2D eigenvalue weighted by atomic mass is 16.5. The quantitative estimate of drug-likeness (QED) is 0.886. The van der Waals surface area contributed by atoms with E-state index in [1.165, 1.54) is 0 Å². The van der Waals surface area contributed by atoms with Crippen LogP contribution in [-0.4, -0.2) is 52.4 Å². The third-order valence-electron chi connectivity index (χ3n) is 5.40. The maximum Gasteiger partial charge on any atom is 0.253 e. The summed E-state index contributed by atoms with van der Waals surface area (Å²) in [5, 5.41) is 7.43. The molecule has 0 bridgehead atoms. The Bertz CT molecular complexity index is 680. The Morgan fingerprint density at radius 1 is 1.44 bits per heavy atom. The molecule has 136 valence electrons. The van der Waals surface area contributed by atoms with Gasteiger partial charge in [0.2, 0.25) is 0 Å². The SMILES string of the molecule is CCC1=C(C(=O)N2C[C@H](OC)C[C@H]2c2nc(C3CC3)n[nH]2)CCCO1. The van der Waals surface area contributed by atoms with Crippen LogP contribution in [0.1, 0.15) is 69.1 Å². The first-order valence-corrected chi connectivity index (χ1v) is 9.32. The number of carbonyl (C=O) groups is 1. The van der Waals surface area contributed by atoms with Crippen molar-refractivity contribution in [1.29, 1.82) is 0 Å². The van der Waals surface area contributed by atoms with Gasteiger partial charge in [-0.2, -0.15) is 5.10 Å². The molecule has 1 aromatic rings. The molecule has 3 heterocycles. The Morgan fingerprint density at radius 3 is 3.00 bits per heavy atom. The molecule has 0 unspecified atom stereocenters. The summed E-state index contributed by atoms with van der Waals surface area (Å²) in [6, 6.07) is -0.106. The van der Waals surface area contributed by atoms with Gasteiger partial charge in [-0.15, -0.1) is 0 Å². The molecule has 2 atom stereocenters. The van der Waals surface area contributed by atoms with E-state index in [0.29, 0.717) is 19.1 Å². The molecule has 4 rings (SSSR count). The van der Waals surface area contributed by atoms with Crippen molar-refractivity contribution in [2.75, 3.05) is 20.3 Å². The van der Waals surface area contributed by atoms with Crippen molar-refractivity contribution in [2.45, 2.75) is 63.5 Å². The molecule has 2 fully saturated rings. The number of aromatic amines is 1. The first-order chi connectivity index (χ1) is 12.2. The summed E-state index contributed by atoms with van der Waals surface area (Å²) in [4.78, 5) is 19.8. The standard InChI is InChI=1S/C18H26N4O3/c1-3-15-13(5-4-8-25-15)18(23)22-10-12(24-2)9-14(22)17-19-16(20-21-17)11-6-7-11/h11-12,14H,3-10H2,1-2H3,(H,19,20,21)/t12-,14+/m1/s1. The number of amides is 1. The number of aromatic nitrogens is 3. The van der Waals surface area contributed by atoms with Crippen molar-refractivity contribution in [3.8, 4) is 0 Å². The van der Waals surface area contributed by atoms with Crippen LogP contribution in [0.25, 0.3) is 0 Å². The van der Waals surface area contributed by atoms with Crippen LogP contribution in [0.2, 0.25) is 0 Å². The highest BCUT2D eigenvalue weighted by molar-refractivity contribution is 5.94. The summed E-state index contributed by atoms with van der Waals surface area (Å²) < 4.78 is 11.3. The zero-order chi connectivity index (χ0) is 17.4. The Morgan fingerprint density at radius 2 is 2.28 bits per heavy atom. The molecule has 0 aromatic carbocycles. The van der Waals surface area contributed by atoms with Gasteiger partial charge < -0.3 is 14.4 Å². The average molecular weight is 346 g/mol. The number of allylic oxidation sites excluding steroid dienone is 1. The molecule has 1 saturated heterocycles. The van der Waals surface area contributed by atoms with Crippen molar-refractivity contribution < 1.29 is 14.3 Å². The van der Waals surface area contributed by atoms with Crippen LogP contribution in [0.4, 0.5) is 0 Å². The lowest BCUT2D eigenvalue weighted by atomic mass is 10.0. The van der Waals surface area contributed by atoms with Crippen LogP contribution in [-0.2, 0) is 14.3 Å². The molecular formula is C18H26N4O3. The predicted molar refractivity (Wildman–Crippen MR) is 90.7 cm³/mol. The molecule has 25 heavy (non-hydrogen) atoms. The Kier molecular flexibility index (Phi) is 4.50. The van der Waals surface area contributed by atoms with Gasteiger partial charge in [0.25, 0.3) is 5.91 Å². The van der Waals surface area contributed by atoms with Crippen LogP contribution in [0.15, 0.2) is 11.3 Å². The molecule has 0 spiro atoms. The molecule has 7 heteroatoms. The molecule has 7 nitrogen and oxygen atoms in total. The Balaban J connectivity index is 1.60. The summed E-state index contributed by atoms with van der Waals surface area (Å²) in [6.07, 6.45) is 5.53. The van der Waals surface area contributed by atoms with E-state index < -0.39 is 0 Å². The molecule has 1 aromatic heterocycles. The second-order valence-electron chi connectivity index (χ2n) is 7.13. The van der Waals surface area contributed by atoms with E-state index in [1.807, 2.05) is 11.8 Å². The fraction of sp³-hybridized carbons (Fsp3) is 0.722. The minimum absolute atomic E-state index is 0.0265. The molecule has 2 aliphatic heterocycles. The van der Waals surface area contributed by atoms with E-state index in [0.717, 1.165) is 61.5 Å². The number of rotatable bonds is 5. The number of carbonyl (C=O) groups excluding carboxylic acids is 1. The van der Waals surface area contributed by atoms with E-state index in [9.17, 15) is 4.79 Å². The van der Waals surface area contributed by atoms with Crippen LogP contribution in [0.5, 0.6) is 0 Å². The maximum absolute atomic E-state index is 13.2. The van der Waals surface area contributed by atoms with Crippen molar-refractivity contribution >= 4 is 5.91 Å². The summed E-state index contributed by atoms with van der Waals surface area (Å²) >= 11 is 0. The maximum atomic E-state index is 13.2. The normalized spacial score (nSPS) is 26.9. The van der Waals surface area contributed by atoms with Gasteiger partial charge in [0, 0.05) is 32.4 Å². The summed E-state index contributed by atoms with van der Waals surface area (Å²) in [6.45, 7) is 3.32. The molecule has 1 amide bonds. The minimum Gasteiger partial charge on any atom is -0.497 e. The number of H-pyrrole nitrogens is 1. The fourth-order valence-electron chi connectivity index (χ4n) is 3.80. The van der Waals surface area contributed by atoms with E-state index in [4.69, 9.17) is 9.47 Å². The van der Waals surface area contributed by atoms with E-state index in [1.54, 1.807) is 7.11 Å². The summed E-state index contributed by atoms with van der Waals surface area (Å²) in [7, 11) is 1.70.